The first-order valence-corrected chi connectivity index (χ1v) is 6.97. The highest BCUT2D eigenvalue weighted by Gasteiger charge is 2.42. The fraction of sp³-hybridized carbons (Fsp3) is 0.600. The van der Waals surface area contributed by atoms with Gasteiger partial charge in [-0.2, -0.15) is 0 Å². The van der Waals surface area contributed by atoms with Crippen LogP contribution in [0.2, 0.25) is 0 Å². The van der Waals surface area contributed by atoms with Crippen LogP contribution in [0.4, 0.5) is 0 Å². The van der Waals surface area contributed by atoms with Crippen molar-refractivity contribution in [2.45, 2.75) is 56.8 Å². The molecule has 0 aliphatic carbocycles. The molecule has 1 aromatic carbocycles. The van der Waals surface area contributed by atoms with E-state index in [-0.39, 0.29) is 6.04 Å². The van der Waals surface area contributed by atoms with Crippen molar-refractivity contribution in [2.24, 2.45) is 5.73 Å². The lowest BCUT2D eigenvalue weighted by molar-refractivity contribution is 0.0842. The quantitative estimate of drug-likeness (QED) is 0.842. The van der Waals surface area contributed by atoms with E-state index < -0.39 is 0 Å². The zero-order valence-corrected chi connectivity index (χ0v) is 10.9. The van der Waals surface area contributed by atoms with Gasteiger partial charge < -0.3 is 10.8 Å². The minimum atomic E-state index is 0.288. The molecule has 2 heterocycles. The predicted molar refractivity (Wildman–Crippen MR) is 72.4 cm³/mol. The zero-order valence-electron chi connectivity index (χ0n) is 10.9. The first-order valence-electron chi connectivity index (χ1n) is 6.97. The van der Waals surface area contributed by atoms with Crippen molar-refractivity contribution in [3.05, 3.63) is 29.8 Å². The largest absolute Gasteiger partial charge is 0.508 e. The molecule has 3 nitrogen and oxygen atoms in total. The first kappa shape index (κ1) is 12.0. The molecule has 0 spiro atoms. The summed E-state index contributed by atoms with van der Waals surface area (Å²) in [6.07, 6.45) is 4.73. The van der Waals surface area contributed by atoms with Crippen LogP contribution in [0.15, 0.2) is 24.3 Å². The maximum Gasteiger partial charge on any atom is 0.120 e. The Hall–Kier alpha value is -1.06. The maximum atomic E-state index is 10.0. The van der Waals surface area contributed by atoms with Crippen molar-refractivity contribution in [1.29, 1.82) is 0 Å². The number of phenolic OH excluding ortho intramolecular Hbond substituents is 1. The van der Waals surface area contributed by atoms with Crippen molar-refractivity contribution >= 4 is 0 Å². The van der Waals surface area contributed by atoms with Crippen molar-refractivity contribution < 1.29 is 5.11 Å². The summed E-state index contributed by atoms with van der Waals surface area (Å²) in [4.78, 5) is 2.58. The van der Waals surface area contributed by atoms with E-state index in [1.54, 1.807) is 6.07 Å². The second kappa shape index (κ2) is 4.56. The number of nitrogens with two attached hydrogens (primary N) is 1. The summed E-state index contributed by atoms with van der Waals surface area (Å²) < 4.78 is 0. The molecule has 2 aliphatic heterocycles. The van der Waals surface area contributed by atoms with Gasteiger partial charge in [-0.3, -0.25) is 4.90 Å². The van der Waals surface area contributed by atoms with Crippen LogP contribution in [0.3, 0.4) is 0 Å². The number of hydrogen-bond donors (Lipinski definition) is 2. The molecule has 3 rings (SSSR count). The van der Waals surface area contributed by atoms with Crippen LogP contribution < -0.4 is 5.73 Å². The topological polar surface area (TPSA) is 49.5 Å². The molecule has 3 atom stereocenters. The smallest absolute Gasteiger partial charge is 0.120 e. The summed E-state index contributed by atoms with van der Waals surface area (Å²) in [5, 5.41) is 10.0. The number of hydrogen-bond acceptors (Lipinski definition) is 3. The summed E-state index contributed by atoms with van der Waals surface area (Å²) in [7, 11) is 0. The monoisotopic (exact) mass is 246 g/mol. The van der Waals surface area contributed by atoms with E-state index in [1.165, 1.54) is 12.8 Å². The van der Waals surface area contributed by atoms with E-state index in [0.29, 0.717) is 23.9 Å². The van der Waals surface area contributed by atoms with Gasteiger partial charge in [0.1, 0.15) is 5.75 Å². The van der Waals surface area contributed by atoms with Gasteiger partial charge in [0.05, 0.1) is 0 Å². The average Bonchev–Trinajstić information content (AvgIpc) is 2.61. The van der Waals surface area contributed by atoms with Gasteiger partial charge in [-0.15, -0.1) is 0 Å². The molecule has 0 radical (unpaired) electrons. The number of piperidine rings is 1. The predicted octanol–water partition coefficient (Wildman–Crippen LogP) is 2.41. The Morgan fingerprint density at radius 1 is 1.22 bits per heavy atom. The Balaban J connectivity index is 1.86. The van der Waals surface area contributed by atoms with Crippen molar-refractivity contribution in [3.63, 3.8) is 0 Å². The molecule has 2 saturated heterocycles. The lowest BCUT2D eigenvalue weighted by Crippen LogP contribution is -2.48. The highest BCUT2D eigenvalue weighted by molar-refractivity contribution is 5.34. The fourth-order valence-corrected chi connectivity index (χ4v) is 3.89. The summed E-state index contributed by atoms with van der Waals surface area (Å²) in [5.74, 6) is 0.416. The minimum absolute atomic E-state index is 0.288. The van der Waals surface area contributed by atoms with Crippen molar-refractivity contribution in [2.75, 3.05) is 0 Å². The molecule has 3 heteroatoms. The van der Waals surface area contributed by atoms with Crippen molar-refractivity contribution in [3.8, 4) is 5.75 Å². The lowest BCUT2D eigenvalue weighted by atomic mass is 9.94. The molecule has 3 unspecified atom stereocenters. The number of rotatable bonds is 2. The summed E-state index contributed by atoms with van der Waals surface area (Å²) in [6, 6.07) is 9.57. The van der Waals surface area contributed by atoms with E-state index in [0.717, 1.165) is 18.4 Å². The maximum absolute atomic E-state index is 10.0. The van der Waals surface area contributed by atoms with Crippen LogP contribution in [-0.2, 0) is 0 Å². The number of benzene rings is 1. The number of aromatic hydroxyl groups is 1. The Morgan fingerprint density at radius 2 is 1.83 bits per heavy atom. The molecular formula is C15H22N2O. The van der Waals surface area contributed by atoms with E-state index in [9.17, 15) is 5.11 Å². The molecule has 2 fully saturated rings. The number of phenols is 1. The summed E-state index contributed by atoms with van der Waals surface area (Å²) in [6.45, 7) is 2.21. The minimum Gasteiger partial charge on any atom is -0.508 e. The van der Waals surface area contributed by atoms with E-state index >= 15 is 0 Å². The fourth-order valence-electron chi connectivity index (χ4n) is 3.89. The summed E-state index contributed by atoms with van der Waals surface area (Å²) >= 11 is 0. The van der Waals surface area contributed by atoms with Crippen LogP contribution in [0.5, 0.6) is 5.75 Å². The molecule has 0 saturated carbocycles. The van der Waals surface area contributed by atoms with Gasteiger partial charge in [-0.05, 0) is 38.7 Å². The lowest BCUT2D eigenvalue weighted by Gasteiger charge is -2.41. The standard InChI is InChI=1S/C15H22N2O/c1-10(14-4-2-3-5-15(14)18)17-12-6-7-13(17)9-11(16)8-12/h2-5,10-13,18H,6-9,16H2,1H3. The van der Waals surface area contributed by atoms with Crippen LogP contribution in [0.25, 0.3) is 0 Å². The molecule has 2 bridgehead atoms. The third-order valence-electron chi connectivity index (χ3n) is 4.66. The van der Waals surface area contributed by atoms with Crippen molar-refractivity contribution in [1.82, 2.24) is 4.90 Å². The second-order valence-corrected chi connectivity index (χ2v) is 5.80. The van der Waals surface area contributed by atoms with Gasteiger partial charge in [0, 0.05) is 29.7 Å². The molecule has 18 heavy (non-hydrogen) atoms. The van der Waals surface area contributed by atoms with Gasteiger partial charge in [-0.25, -0.2) is 0 Å². The van der Waals surface area contributed by atoms with Gasteiger partial charge in [-0.1, -0.05) is 18.2 Å². The normalized spacial score (nSPS) is 33.6. The Labute approximate surface area is 109 Å². The third-order valence-corrected chi connectivity index (χ3v) is 4.66. The molecule has 3 N–H and O–H groups in total. The van der Waals surface area contributed by atoms with Crippen LogP contribution >= 0.6 is 0 Å². The first-order chi connectivity index (χ1) is 8.66. The third kappa shape index (κ3) is 1.91. The number of para-hydroxylation sites is 1. The summed E-state index contributed by atoms with van der Waals surface area (Å²) in [5.41, 5.74) is 7.16. The average molecular weight is 246 g/mol. The van der Waals surface area contributed by atoms with E-state index in [4.69, 9.17) is 5.73 Å². The Bertz CT molecular complexity index is 420. The van der Waals surface area contributed by atoms with Crippen LogP contribution in [-0.4, -0.2) is 28.1 Å². The SMILES string of the molecule is CC(c1ccccc1O)N1C2CCC1CC(N)C2. The van der Waals surface area contributed by atoms with Gasteiger partial charge in [0.2, 0.25) is 0 Å². The Morgan fingerprint density at radius 3 is 2.44 bits per heavy atom. The van der Waals surface area contributed by atoms with Gasteiger partial charge >= 0.3 is 0 Å². The molecule has 0 aromatic heterocycles. The van der Waals surface area contributed by atoms with Crippen LogP contribution in [0.1, 0.15) is 44.2 Å². The number of nitrogens with zero attached hydrogens (tertiary/aromatic N) is 1. The van der Waals surface area contributed by atoms with Gasteiger partial charge in [0.25, 0.3) is 0 Å². The molecular weight excluding hydrogens is 224 g/mol. The molecule has 98 valence electrons. The Kier molecular flexibility index (Phi) is 3.04. The highest BCUT2D eigenvalue weighted by atomic mass is 16.3. The highest BCUT2D eigenvalue weighted by Crippen LogP contribution is 2.42. The molecule has 2 aliphatic rings. The zero-order chi connectivity index (χ0) is 12.7. The number of fused-ring (bicyclic) bond motifs is 2. The van der Waals surface area contributed by atoms with Gasteiger partial charge in [0.15, 0.2) is 0 Å². The molecule has 0 amide bonds. The molecule has 1 aromatic rings. The van der Waals surface area contributed by atoms with E-state index in [2.05, 4.69) is 11.8 Å². The van der Waals surface area contributed by atoms with E-state index in [1.807, 2.05) is 18.2 Å². The van der Waals surface area contributed by atoms with Crippen LogP contribution in [0, 0.1) is 0 Å². The second-order valence-electron chi connectivity index (χ2n) is 5.80.